The first kappa shape index (κ1) is 22.0. The number of benzene rings is 2. The molecule has 0 heterocycles. The minimum Gasteiger partial charge on any atom is -0.493 e. The third-order valence-corrected chi connectivity index (χ3v) is 4.25. The van der Waals surface area contributed by atoms with E-state index >= 15 is 0 Å². The van der Waals surface area contributed by atoms with Crippen molar-refractivity contribution in [2.45, 2.75) is 26.7 Å². The Kier molecular flexibility index (Phi) is 7.83. The minimum absolute atomic E-state index is 0.227. The second-order valence-electron chi connectivity index (χ2n) is 6.71. The number of esters is 2. The van der Waals surface area contributed by atoms with Crippen LogP contribution in [-0.2, 0) is 14.3 Å². The largest absolute Gasteiger partial charge is 0.493 e. The van der Waals surface area contributed by atoms with Crippen molar-refractivity contribution in [1.29, 1.82) is 0 Å². The van der Waals surface area contributed by atoms with Crippen molar-refractivity contribution in [2.24, 2.45) is 0 Å². The second-order valence-corrected chi connectivity index (χ2v) is 6.71. The summed E-state index contributed by atoms with van der Waals surface area (Å²) in [6, 6.07) is 10.9. The van der Waals surface area contributed by atoms with Crippen molar-refractivity contribution in [3.63, 3.8) is 0 Å². The third kappa shape index (κ3) is 6.38. The van der Waals surface area contributed by atoms with Crippen LogP contribution in [0.5, 0.6) is 17.2 Å². The number of hydrogen-bond acceptors (Lipinski definition) is 6. The van der Waals surface area contributed by atoms with Gasteiger partial charge in [0.05, 0.1) is 14.2 Å². The lowest BCUT2D eigenvalue weighted by Gasteiger charge is -2.13. The molecular weight excluding hydrogens is 372 g/mol. The van der Waals surface area contributed by atoms with Crippen LogP contribution in [0.2, 0.25) is 0 Å². The maximum absolute atomic E-state index is 12.2. The number of carbonyl (C=O) groups is 2. The Morgan fingerprint density at radius 2 is 1.76 bits per heavy atom. The summed E-state index contributed by atoms with van der Waals surface area (Å²) >= 11 is 0. The summed E-state index contributed by atoms with van der Waals surface area (Å²) in [6.07, 6.45) is 2.87. The molecule has 0 bridgehead atoms. The number of methoxy groups -OCH3 is 2. The Balaban J connectivity index is 2.04. The van der Waals surface area contributed by atoms with Gasteiger partial charge in [-0.15, -0.1) is 0 Å². The van der Waals surface area contributed by atoms with Gasteiger partial charge >= 0.3 is 11.9 Å². The first-order valence-electron chi connectivity index (χ1n) is 9.22. The highest BCUT2D eigenvalue weighted by Gasteiger charge is 2.13. The zero-order valence-electron chi connectivity index (χ0n) is 17.4. The molecule has 0 amide bonds. The summed E-state index contributed by atoms with van der Waals surface area (Å²) < 4.78 is 20.9. The monoisotopic (exact) mass is 398 g/mol. The molecule has 0 unspecified atom stereocenters. The fourth-order valence-electron chi connectivity index (χ4n) is 2.52. The first-order valence-corrected chi connectivity index (χ1v) is 9.22. The van der Waals surface area contributed by atoms with Crippen LogP contribution in [0.1, 0.15) is 36.5 Å². The Hall–Kier alpha value is -3.28. The van der Waals surface area contributed by atoms with Crippen LogP contribution < -0.4 is 14.2 Å². The molecule has 0 fully saturated rings. The molecule has 6 heteroatoms. The topological polar surface area (TPSA) is 71.1 Å². The number of aryl methyl sites for hydroxylation is 1. The summed E-state index contributed by atoms with van der Waals surface area (Å²) in [4.78, 5) is 23.4. The van der Waals surface area contributed by atoms with Gasteiger partial charge in [-0.3, -0.25) is 0 Å². The van der Waals surface area contributed by atoms with E-state index in [1.54, 1.807) is 24.3 Å². The quantitative estimate of drug-likeness (QED) is 0.375. The molecule has 0 radical (unpaired) electrons. The fraction of sp³-hybridized carbons (Fsp3) is 0.304. The van der Waals surface area contributed by atoms with Crippen LogP contribution in [0.4, 0.5) is 0 Å². The van der Waals surface area contributed by atoms with E-state index in [0.717, 1.165) is 11.1 Å². The van der Waals surface area contributed by atoms with E-state index in [1.807, 2.05) is 25.1 Å². The maximum Gasteiger partial charge on any atom is 0.349 e. The first-order chi connectivity index (χ1) is 13.8. The smallest absolute Gasteiger partial charge is 0.349 e. The average molecular weight is 398 g/mol. The summed E-state index contributed by atoms with van der Waals surface area (Å²) in [5.41, 5.74) is 2.78. The fourth-order valence-corrected chi connectivity index (χ4v) is 2.52. The van der Waals surface area contributed by atoms with Crippen LogP contribution in [-0.4, -0.2) is 32.8 Å². The van der Waals surface area contributed by atoms with Gasteiger partial charge in [0.1, 0.15) is 5.75 Å². The lowest BCUT2D eigenvalue weighted by atomic mass is 10.0. The summed E-state index contributed by atoms with van der Waals surface area (Å²) in [6.45, 7) is 5.89. The molecule has 0 saturated heterocycles. The molecule has 2 aromatic rings. The molecule has 0 aliphatic carbocycles. The van der Waals surface area contributed by atoms with E-state index in [2.05, 4.69) is 18.6 Å². The van der Waals surface area contributed by atoms with Crippen LogP contribution in [0.3, 0.4) is 0 Å². The Labute approximate surface area is 171 Å². The Morgan fingerprint density at radius 3 is 2.41 bits per heavy atom. The van der Waals surface area contributed by atoms with Crippen molar-refractivity contribution in [3.05, 3.63) is 59.2 Å². The Bertz CT molecular complexity index is 898. The van der Waals surface area contributed by atoms with Gasteiger partial charge in [-0.05, 0) is 53.8 Å². The van der Waals surface area contributed by atoms with Crippen molar-refractivity contribution in [2.75, 3.05) is 20.8 Å². The van der Waals surface area contributed by atoms with Crippen molar-refractivity contribution >= 4 is 18.0 Å². The predicted molar refractivity (Wildman–Crippen MR) is 110 cm³/mol. The average Bonchev–Trinajstić information content (AvgIpc) is 2.71. The standard InChI is InChI=1S/C23H26O6/c1-15(2)18-9-6-16(3)20(13-18)28-14-23(25)29-19-10-7-17(12-21(19)26-4)8-11-22(24)27-5/h6-13,15H,14H2,1-5H3/b11-8+. The molecule has 0 spiro atoms. The van der Waals surface area contributed by atoms with Crippen LogP contribution in [0.25, 0.3) is 6.08 Å². The third-order valence-electron chi connectivity index (χ3n) is 4.25. The molecular formula is C23H26O6. The van der Waals surface area contributed by atoms with Crippen molar-refractivity contribution in [1.82, 2.24) is 0 Å². The van der Waals surface area contributed by atoms with E-state index in [4.69, 9.17) is 14.2 Å². The van der Waals surface area contributed by atoms with Gasteiger partial charge in [-0.1, -0.05) is 32.0 Å². The van der Waals surface area contributed by atoms with Crippen molar-refractivity contribution in [3.8, 4) is 17.2 Å². The molecule has 2 rings (SSSR count). The molecule has 0 atom stereocenters. The zero-order chi connectivity index (χ0) is 21.4. The van der Waals surface area contributed by atoms with Gasteiger partial charge in [0.2, 0.25) is 0 Å². The zero-order valence-corrected chi connectivity index (χ0v) is 17.4. The van der Waals surface area contributed by atoms with Gasteiger partial charge < -0.3 is 18.9 Å². The second kappa shape index (κ2) is 10.3. The van der Waals surface area contributed by atoms with Gasteiger partial charge in [0.15, 0.2) is 18.1 Å². The van der Waals surface area contributed by atoms with E-state index in [-0.39, 0.29) is 12.4 Å². The van der Waals surface area contributed by atoms with Crippen LogP contribution >= 0.6 is 0 Å². The molecule has 6 nitrogen and oxygen atoms in total. The normalized spacial score (nSPS) is 10.8. The highest BCUT2D eigenvalue weighted by molar-refractivity contribution is 5.87. The Morgan fingerprint density at radius 1 is 1.00 bits per heavy atom. The minimum atomic E-state index is -0.546. The van der Waals surface area contributed by atoms with E-state index in [1.165, 1.54) is 20.3 Å². The van der Waals surface area contributed by atoms with Gasteiger partial charge in [-0.2, -0.15) is 0 Å². The number of ether oxygens (including phenoxy) is 4. The van der Waals surface area contributed by atoms with Gasteiger partial charge in [0, 0.05) is 6.08 Å². The lowest BCUT2D eigenvalue weighted by Crippen LogP contribution is -2.18. The molecule has 0 aliphatic heterocycles. The number of hydrogen-bond donors (Lipinski definition) is 0. The summed E-state index contributed by atoms with van der Waals surface area (Å²) in [7, 11) is 2.77. The van der Waals surface area contributed by atoms with Crippen LogP contribution in [0, 0.1) is 6.92 Å². The summed E-state index contributed by atoms with van der Waals surface area (Å²) in [5, 5.41) is 0. The van der Waals surface area contributed by atoms with E-state index in [0.29, 0.717) is 23.0 Å². The molecule has 2 aromatic carbocycles. The lowest BCUT2D eigenvalue weighted by molar-refractivity contribution is -0.137. The van der Waals surface area contributed by atoms with Crippen molar-refractivity contribution < 1.29 is 28.5 Å². The summed E-state index contributed by atoms with van der Waals surface area (Å²) in [5.74, 6) is 0.639. The highest BCUT2D eigenvalue weighted by atomic mass is 16.6. The molecule has 154 valence electrons. The van der Waals surface area contributed by atoms with E-state index in [9.17, 15) is 9.59 Å². The van der Waals surface area contributed by atoms with Gasteiger partial charge in [-0.25, -0.2) is 9.59 Å². The van der Waals surface area contributed by atoms with Crippen LogP contribution in [0.15, 0.2) is 42.5 Å². The predicted octanol–water partition coefficient (Wildman–Crippen LogP) is 4.30. The molecule has 0 N–H and O–H groups in total. The molecule has 0 aliphatic rings. The SMILES string of the molecule is COC(=O)/C=C/c1ccc(OC(=O)COc2cc(C(C)C)ccc2C)c(OC)c1. The maximum atomic E-state index is 12.2. The molecule has 0 saturated carbocycles. The molecule has 29 heavy (non-hydrogen) atoms. The highest BCUT2D eigenvalue weighted by Crippen LogP contribution is 2.29. The number of rotatable bonds is 8. The van der Waals surface area contributed by atoms with Gasteiger partial charge in [0.25, 0.3) is 0 Å². The number of carbonyl (C=O) groups excluding carboxylic acids is 2. The van der Waals surface area contributed by atoms with E-state index < -0.39 is 11.9 Å². The molecule has 0 aromatic heterocycles.